The smallest absolute Gasteiger partial charge is 0.339 e. The van der Waals surface area contributed by atoms with E-state index in [-0.39, 0.29) is 17.1 Å². The Kier molecular flexibility index (Phi) is 4.25. The number of carbonyl (C=O) groups is 1. The average Bonchev–Trinajstić information content (AvgIpc) is 2.43. The van der Waals surface area contributed by atoms with Gasteiger partial charge in [-0.1, -0.05) is 30.3 Å². The second-order valence-electron chi connectivity index (χ2n) is 4.60. The van der Waals surface area contributed by atoms with Crippen LogP contribution in [0.2, 0.25) is 0 Å². The van der Waals surface area contributed by atoms with Crippen LogP contribution < -0.4 is 0 Å². The Balaban J connectivity index is 2.09. The fourth-order valence-corrected chi connectivity index (χ4v) is 2.16. The van der Waals surface area contributed by atoms with Crippen LogP contribution >= 0.6 is 0 Å². The van der Waals surface area contributed by atoms with Crippen molar-refractivity contribution in [3.63, 3.8) is 0 Å². The highest BCUT2D eigenvalue weighted by molar-refractivity contribution is 5.91. The topological polar surface area (TPSA) is 77.8 Å². The fourth-order valence-electron chi connectivity index (χ4n) is 2.16. The summed E-state index contributed by atoms with van der Waals surface area (Å²) >= 11 is 0. The van der Waals surface area contributed by atoms with E-state index < -0.39 is 5.97 Å². The lowest BCUT2D eigenvalue weighted by Gasteiger charge is -2.09. The predicted molar refractivity (Wildman–Crippen MR) is 75.2 cm³/mol. The van der Waals surface area contributed by atoms with Crippen molar-refractivity contribution < 1.29 is 20.1 Å². The van der Waals surface area contributed by atoms with Gasteiger partial charge in [-0.3, -0.25) is 0 Å². The SMILES string of the molecule is O=C(O)c1ccc(O)c(CCCc2ccccc2)c1O. The summed E-state index contributed by atoms with van der Waals surface area (Å²) in [5, 5.41) is 28.6. The molecule has 104 valence electrons. The van der Waals surface area contributed by atoms with E-state index in [1.54, 1.807) is 0 Å². The third-order valence-electron chi connectivity index (χ3n) is 3.22. The molecule has 0 radical (unpaired) electrons. The van der Waals surface area contributed by atoms with Crippen molar-refractivity contribution in [3.05, 3.63) is 59.2 Å². The van der Waals surface area contributed by atoms with Crippen LogP contribution in [0.3, 0.4) is 0 Å². The molecule has 0 atom stereocenters. The van der Waals surface area contributed by atoms with Crippen molar-refractivity contribution in [3.8, 4) is 11.5 Å². The Morgan fingerprint density at radius 3 is 2.30 bits per heavy atom. The number of rotatable bonds is 5. The van der Waals surface area contributed by atoms with E-state index in [2.05, 4.69) is 0 Å². The molecule has 0 aliphatic heterocycles. The third-order valence-corrected chi connectivity index (χ3v) is 3.22. The molecular weight excluding hydrogens is 256 g/mol. The summed E-state index contributed by atoms with van der Waals surface area (Å²) in [7, 11) is 0. The Labute approximate surface area is 116 Å². The Hall–Kier alpha value is -2.49. The van der Waals surface area contributed by atoms with Crippen LogP contribution in [0, 0.1) is 0 Å². The van der Waals surface area contributed by atoms with Crippen molar-refractivity contribution in [1.29, 1.82) is 0 Å². The number of phenols is 2. The number of hydrogen-bond donors (Lipinski definition) is 3. The lowest BCUT2D eigenvalue weighted by Crippen LogP contribution is -2.00. The first-order valence-corrected chi connectivity index (χ1v) is 6.40. The number of aromatic hydroxyl groups is 2. The zero-order valence-corrected chi connectivity index (χ0v) is 10.9. The Bertz CT molecular complexity index is 605. The van der Waals surface area contributed by atoms with Gasteiger partial charge in [-0.2, -0.15) is 0 Å². The molecule has 4 heteroatoms. The summed E-state index contributed by atoms with van der Waals surface area (Å²) in [6.07, 6.45) is 1.94. The molecule has 0 aliphatic rings. The molecule has 2 aromatic rings. The quantitative estimate of drug-likeness (QED) is 0.782. The minimum Gasteiger partial charge on any atom is -0.508 e. The van der Waals surface area contributed by atoms with Gasteiger partial charge in [-0.15, -0.1) is 0 Å². The highest BCUT2D eigenvalue weighted by Gasteiger charge is 2.16. The number of aryl methyl sites for hydroxylation is 1. The molecule has 0 amide bonds. The Morgan fingerprint density at radius 2 is 1.65 bits per heavy atom. The monoisotopic (exact) mass is 272 g/mol. The molecule has 0 fully saturated rings. The van der Waals surface area contributed by atoms with E-state index in [4.69, 9.17) is 5.11 Å². The van der Waals surface area contributed by atoms with Gasteiger partial charge in [0.25, 0.3) is 0 Å². The van der Waals surface area contributed by atoms with Crippen LogP contribution in [0.5, 0.6) is 11.5 Å². The third kappa shape index (κ3) is 3.09. The van der Waals surface area contributed by atoms with Gasteiger partial charge >= 0.3 is 5.97 Å². The van der Waals surface area contributed by atoms with Crippen molar-refractivity contribution in [1.82, 2.24) is 0 Å². The van der Waals surface area contributed by atoms with Crippen molar-refractivity contribution in [2.45, 2.75) is 19.3 Å². The summed E-state index contributed by atoms with van der Waals surface area (Å²) in [6.45, 7) is 0. The summed E-state index contributed by atoms with van der Waals surface area (Å²) in [5.74, 6) is -1.61. The van der Waals surface area contributed by atoms with Crippen LogP contribution in [0.1, 0.15) is 27.9 Å². The van der Waals surface area contributed by atoms with E-state index >= 15 is 0 Å². The summed E-state index contributed by atoms with van der Waals surface area (Å²) in [6, 6.07) is 12.4. The standard InChI is InChI=1S/C16H16O4/c17-14-10-9-13(16(19)20)15(18)12(14)8-4-7-11-5-2-1-3-6-11/h1-3,5-6,9-10,17-18H,4,7-8H2,(H,19,20). The van der Waals surface area contributed by atoms with Crippen LogP contribution in [-0.2, 0) is 12.8 Å². The number of aromatic carboxylic acids is 1. The molecular formula is C16H16O4. The molecule has 0 saturated carbocycles. The lowest BCUT2D eigenvalue weighted by molar-refractivity contribution is 0.0693. The number of hydrogen-bond acceptors (Lipinski definition) is 3. The summed E-state index contributed by atoms with van der Waals surface area (Å²) in [5.41, 5.74) is 1.28. The van der Waals surface area contributed by atoms with E-state index in [0.717, 1.165) is 6.42 Å². The van der Waals surface area contributed by atoms with Gasteiger partial charge in [0.15, 0.2) is 0 Å². The second kappa shape index (κ2) is 6.10. The maximum Gasteiger partial charge on any atom is 0.339 e. The molecule has 2 rings (SSSR count). The second-order valence-corrected chi connectivity index (χ2v) is 4.60. The molecule has 0 unspecified atom stereocenters. The molecule has 0 aromatic heterocycles. The number of benzene rings is 2. The fraction of sp³-hybridized carbons (Fsp3) is 0.188. The van der Waals surface area contributed by atoms with E-state index in [9.17, 15) is 15.0 Å². The van der Waals surface area contributed by atoms with Gasteiger partial charge in [0.05, 0.1) is 0 Å². The van der Waals surface area contributed by atoms with Gasteiger partial charge in [-0.25, -0.2) is 4.79 Å². The van der Waals surface area contributed by atoms with Crippen molar-refractivity contribution in [2.75, 3.05) is 0 Å². The predicted octanol–water partition coefficient (Wildman–Crippen LogP) is 2.97. The number of carboxylic acid groups (broad SMARTS) is 1. The Morgan fingerprint density at radius 1 is 0.950 bits per heavy atom. The largest absolute Gasteiger partial charge is 0.508 e. The lowest BCUT2D eigenvalue weighted by atomic mass is 10.00. The minimum absolute atomic E-state index is 0.0689. The maximum absolute atomic E-state index is 10.9. The summed E-state index contributed by atoms with van der Waals surface area (Å²) < 4.78 is 0. The molecule has 0 spiro atoms. The van der Waals surface area contributed by atoms with Gasteiger partial charge < -0.3 is 15.3 Å². The first-order valence-electron chi connectivity index (χ1n) is 6.40. The molecule has 3 N–H and O–H groups in total. The number of phenolic OH excluding ortho intramolecular Hbond substituents is 1. The van der Waals surface area contributed by atoms with Crippen molar-refractivity contribution >= 4 is 5.97 Å². The normalized spacial score (nSPS) is 10.4. The molecule has 0 saturated heterocycles. The molecule has 0 bridgehead atoms. The molecule has 0 heterocycles. The maximum atomic E-state index is 10.9. The number of carboxylic acids is 1. The van der Waals surface area contributed by atoms with Gasteiger partial charge in [0, 0.05) is 5.56 Å². The van der Waals surface area contributed by atoms with Crippen LogP contribution in [0.25, 0.3) is 0 Å². The minimum atomic E-state index is -1.20. The van der Waals surface area contributed by atoms with E-state index in [1.165, 1.54) is 17.7 Å². The van der Waals surface area contributed by atoms with E-state index in [1.807, 2.05) is 30.3 Å². The van der Waals surface area contributed by atoms with E-state index in [0.29, 0.717) is 18.4 Å². The molecule has 0 aliphatic carbocycles. The van der Waals surface area contributed by atoms with Crippen molar-refractivity contribution in [2.24, 2.45) is 0 Å². The first kappa shape index (κ1) is 13.9. The van der Waals surface area contributed by atoms with Crippen LogP contribution in [0.4, 0.5) is 0 Å². The zero-order chi connectivity index (χ0) is 14.5. The first-order chi connectivity index (χ1) is 9.59. The molecule has 4 nitrogen and oxygen atoms in total. The van der Waals surface area contributed by atoms with Gasteiger partial charge in [-0.05, 0) is 37.0 Å². The highest BCUT2D eigenvalue weighted by Crippen LogP contribution is 2.31. The van der Waals surface area contributed by atoms with Crippen LogP contribution in [-0.4, -0.2) is 21.3 Å². The summed E-state index contributed by atoms with van der Waals surface area (Å²) in [4.78, 5) is 10.9. The van der Waals surface area contributed by atoms with Crippen LogP contribution in [0.15, 0.2) is 42.5 Å². The van der Waals surface area contributed by atoms with Gasteiger partial charge in [0.1, 0.15) is 17.1 Å². The average molecular weight is 272 g/mol. The molecule has 2 aromatic carbocycles. The zero-order valence-electron chi connectivity index (χ0n) is 10.9. The highest BCUT2D eigenvalue weighted by atomic mass is 16.4. The molecule has 20 heavy (non-hydrogen) atoms. The van der Waals surface area contributed by atoms with Gasteiger partial charge in [0.2, 0.25) is 0 Å².